The number of H-pyrrole nitrogens is 1. The lowest BCUT2D eigenvalue weighted by atomic mass is 10.2. The monoisotopic (exact) mass is 204 g/mol. The molecule has 0 unspecified atom stereocenters. The minimum Gasteiger partial charge on any atom is -0.481 e. The summed E-state index contributed by atoms with van der Waals surface area (Å²) in [5.41, 5.74) is 0.843. The van der Waals surface area contributed by atoms with Gasteiger partial charge in [0.15, 0.2) is 0 Å². The van der Waals surface area contributed by atoms with E-state index in [0.717, 1.165) is 5.56 Å². The van der Waals surface area contributed by atoms with Crippen molar-refractivity contribution < 1.29 is 9.90 Å². The molecule has 15 heavy (non-hydrogen) atoms. The molecule has 0 spiro atoms. The lowest BCUT2D eigenvalue weighted by Crippen LogP contribution is -1.98. The van der Waals surface area contributed by atoms with E-state index in [9.17, 15) is 4.79 Å². The molecule has 0 aliphatic carbocycles. The maximum atomic E-state index is 10.2. The molecule has 2 rings (SSSR count). The summed E-state index contributed by atoms with van der Waals surface area (Å²) in [6, 6.07) is 11.0. The summed E-state index contributed by atoms with van der Waals surface area (Å²) in [7, 11) is 0. The maximum Gasteiger partial charge on any atom is 0.307 e. The molecule has 0 aliphatic rings. The van der Waals surface area contributed by atoms with Crippen LogP contribution in [0, 0.1) is 0 Å². The highest BCUT2D eigenvalue weighted by atomic mass is 16.4. The van der Waals surface area contributed by atoms with Gasteiger partial charge < -0.3 is 5.11 Å². The molecule has 0 atom stereocenters. The molecule has 0 saturated heterocycles. The average molecular weight is 204 g/mol. The van der Waals surface area contributed by atoms with Crippen LogP contribution in [0.25, 0.3) is 0 Å². The smallest absolute Gasteiger partial charge is 0.307 e. The molecule has 4 heteroatoms. The number of carboxylic acids is 1. The fraction of sp³-hybridized carbons (Fsp3) is 0.0909. The van der Waals surface area contributed by atoms with Crippen molar-refractivity contribution in [2.45, 2.75) is 6.42 Å². The van der Waals surface area contributed by atoms with Crippen LogP contribution in [0.5, 0.6) is 0 Å². The van der Waals surface area contributed by atoms with Crippen molar-refractivity contribution in [1.29, 1.82) is 0 Å². The Morgan fingerprint density at radius 1 is 1.27 bits per heavy atom. The molecule has 2 aromatic rings. The fourth-order valence-corrected chi connectivity index (χ4v) is 0.986. The van der Waals surface area contributed by atoms with Crippen molar-refractivity contribution in [2.24, 2.45) is 0 Å². The van der Waals surface area contributed by atoms with Gasteiger partial charge in [0, 0.05) is 12.4 Å². The Bertz CT molecular complexity index is 354. The second-order valence-corrected chi connectivity index (χ2v) is 2.82. The van der Waals surface area contributed by atoms with Crippen LogP contribution in [-0.2, 0) is 11.2 Å². The van der Waals surface area contributed by atoms with Crippen LogP contribution in [-0.4, -0.2) is 21.3 Å². The third-order valence-electron chi connectivity index (χ3n) is 1.60. The van der Waals surface area contributed by atoms with E-state index >= 15 is 0 Å². The first-order valence-electron chi connectivity index (χ1n) is 4.48. The van der Waals surface area contributed by atoms with Crippen molar-refractivity contribution in [2.75, 3.05) is 0 Å². The second kappa shape index (κ2) is 6.37. The highest BCUT2D eigenvalue weighted by Gasteiger charge is 1.96. The Hall–Kier alpha value is -2.10. The molecule has 0 bridgehead atoms. The molecule has 1 aromatic heterocycles. The van der Waals surface area contributed by atoms with Crippen LogP contribution >= 0.6 is 0 Å². The van der Waals surface area contributed by atoms with E-state index in [1.807, 2.05) is 24.3 Å². The number of aromatic amines is 1. The number of benzene rings is 1. The van der Waals surface area contributed by atoms with Crippen LogP contribution in [0.2, 0.25) is 0 Å². The highest BCUT2D eigenvalue weighted by molar-refractivity contribution is 5.70. The third-order valence-corrected chi connectivity index (χ3v) is 1.60. The molecule has 1 aromatic carbocycles. The normalized spacial score (nSPS) is 8.80. The molecule has 0 radical (unpaired) electrons. The Morgan fingerprint density at radius 3 is 2.40 bits per heavy atom. The summed E-state index contributed by atoms with van der Waals surface area (Å²) in [5.74, 6) is -0.786. The topological polar surface area (TPSA) is 66.0 Å². The number of hydrogen-bond acceptors (Lipinski definition) is 2. The standard InChI is InChI=1S/C8H8O2.C3H4N2/c9-8(10)6-7-4-2-1-3-5-7;1-2-4-5-3-1/h1-5H,6H2,(H,9,10);1-3H,(H,4,5). The molecule has 4 nitrogen and oxygen atoms in total. The minimum absolute atomic E-state index is 0.112. The predicted octanol–water partition coefficient (Wildman–Crippen LogP) is 1.72. The van der Waals surface area contributed by atoms with Gasteiger partial charge in [0.1, 0.15) is 0 Å². The van der Waals surface area contributed by atoms with E-state index in [1.54, 1.807) is 24.5 Å². The first kappa shape index (κ1) is 11.0. The van der Waals surface area contributed by atoms with Crippen LogP contribution in [0.15, 0.2) is 48.8 Å². The SMILES string of the molecule is O=C(O)Cc1ccccc1.c1cn[nH]c1. The third kappa shape index (κ3) is 5.25. The Balaban J connectivity index is 0.000000187. The number of nitrogens with one attached hydrogen (secondary N) is 1. The van der Waals surface area contributed by atoms with E-state index in [4.69, 9.17) is 5.11 Å². The molecule has 0 saturated carbocycles. The van der Waals surface area contributed by atoms with Gasteiger partial charge in [0.2, 0.25) is 0 Å². The summed E-state index contributed by atoms with van der Waals surface area (Å²) in [4.78, 5) is 10.2. The average Bonchev–Trinajstić information content (AvgIpc) is 2.76. The maximum absolute atomic E-state index is 10.2. The summed E-state index contributed by atoms with van der Waals surface area (Å²) in [6.45, 7) is 0. The summed E-state index contributed by atoms with van der Waals surface area (Å²) < 4.78 is 0. The first-order valence-corrected chi connectivity index (χ1v) is 4.48. The van der Waals surface area contributed by atoms with Gasteiger partial charge in [0.05, 0.1) is 6.42 Å². The number of rotatable bonds is 2. The van der Waals surface area contributed by atoms with Gasteiger partial charge in [0.25, 0.3) is 0 Å². The molecule has 2 N–H and O–H groups in total. The van der Waals surface area contributed by atoms with Gasteiger partial charge in [-0.05, 0) is 11.6 Å². The lowest BCUT2D eigenvalue weighted by molar-refractivity contribution is -0.136. The van der Waals surface area contributed by atoms with Crippen LogP contribution < -0.4 is 0 Å². The van der Waals surface area contributed by atoms with Crippen LogP contribution in [0.3, 0.4) is 0 Å². The van der Waals surface area contributed by atoms with E-state index in [2.05, 4.69) is 10.2 Å². The second-order valence-electron chi connectivity index (χ2n) is 2.82. The Labute approximate surface area is 87.6 Å². The predicted molar refractivity (Wildman–Crippen MR) is 56.4 cm³/mol. The highest BCUT2D eigenvalue weighted by Crippen LogP contribution is 1.98. The van der Waals surface area contributed by atoms with Crippen LogP contribution in [0.4, 0.5) is 0 Å². The van der Waals surface area contributed by atoms with E-state index in [1.165, 1.54) is 0 Å². The van der Waals surface area contributed by atoms with E-state index in [-0.39, 0.29) is 6.42 Å². The number of aromatic nitrogens is 2. The molecule has 0 fully saturated rings. The minimum atomic E-state index is -0.786. The fourth-order valence-electron chi connectivity index (χ4n) is 0.986. The van der Waals surface area contributed by atoms with Crippen molar-refractivity contribution in [3.8, 4) is 0 Å². The van der Waals surface area contributed by atoms with Crippen molar-refractivity contribution in [1.82, 2.24) is 10.2 Å². The first-order chi connectivity index (χ1) is 7.29. The largest absolute Gasteiger partial charge is 0.481 e. The Kier molecular flexibility index (Phi) is 4.66. The zero-order valence-corrected chi connectivity index (χ0v) is 8.13. The molecule has 1 heterocycles. The lowest BCUT2D eigenvalue weighted by Gasteiger charge is -1.92. The van der Waals surface area contributed by atoms with Crippen molar-refractivity contribution >= 4 is 5.97 Å². The van der Waals surface area contributed by atoms with Crippen molar-refractivity contribution in [3.05, 3.63) is 54.4 Å². The van der Waals surface area contributed by atoms with Gasteiger partial charge >= 0.3 is 5.97 Å². The number of nitrogens with zero attached hydrogens (tertiary/aromatic N) is 1. The number of hydrogen-bond donors (Lipinski definition) is 2. The molecular weight excluding hydrogens is 192 g/mol. The molecular formula is C11H12N2O2. The van der Waals surface area contributed by atoms with Crippen molar-refractivity contribution in [3.63, 3.8) is 0 Å². The number of aliphatic carboxylic acids is 1. The summed E-state index contributed by atoms with van der Waals surface area (Å²) >= 11 is 0. The zero-order chi connectivity index (χ0) is 10.9. The van der Waals surface area contributed by atoms with Gasteiger partial charge in [-0.3, -0.25) is 9.89 Å². The van der Waals surface area contributed by atoms with Gasteiger partial charge in [-0.1, -0.05) is 30.3 Å². The van der Waals surface area contributed by atoms with Gasteiger partial charge in [-0.25, -0.2) is 0 Å². The zero-order valence-electron chi connectivity index (χ0n) is 8.13. The van der Waals surface area contributed by atoms with Gasteiger partial charge in [-0.15, -0.1) is 0 Å². The number of carboxylic acid groups (broad SMARTS) is 1. The van der Waals surface area contributed by atoms with E-state index < -0.39 is 5.97 Å². The Morgan fingerprint density at radius 2 is 2.00 bits per heavy atom. The molecule has 0 amide bonds. The quantitative estimate of drug-likeness (QED) is 0.782. The van der Waals surface area contributed by atoms with Gasteiger partial charge in [-0.2, -0.15) is 5.10 Å². The molecule has 78 valence electrons. The van der Waals surface area contributed by atoms with E-state index in [0.29, 0.717) is 0 Å². The molecule has 0 aliphatic heterocycles. The summed E-state index contributed by atoms with van der Waals surface area (Å²) in [6.07, 6.45) is 3.57. The number of carbonyl (C=O) groups is 1. The van der Waals surface area contributed by atoms with Crippen LogP contribution in [0.1, 0.15) is 5.56 Å². The summed E-state index contributed by atoms with van der Waals surface area (Å²) in [5, 5.41) is 14.6.